The van der Waals surface area contributed by atoms with E-state index >= 15 is 0 Å². The van der Waals surface area contributed by atoms with Crippen molar-refractivity contribution in [3.05, 3.63) is 0 Å². The van der Waals surface area contributed by atoms with Crippen molar-refractivity contribution in [1.82, 2.24) is 20.4 Å². The van der Waals surface area contributed by atoms with E-state index in [-0.39, 0.29) is 41.2 Å². The molecule has 8 heteroatoms. The Balaban J connectivity index is 0.00000264. The Morgan fingerprint density at radius 3 is 2.78 bits per heavy atom. The number of likely N-dealkylation sites (tertiary alicyclic amines) is 1. The Bertz CT molecular complexity index is 469. The van der Waals surface area contributed by atoms with Gasteiger partial charge < -0.3 is 20.4 Å². The van der Waals surface area contributed by atoms with Crippen molar-refractivity contribution in [2.75, 3.05) is 47.3 Å². The molecule has 0 bridgehead atoms. The fourth-order valence-corrected chi connectivity index (χ4v) is 3.27. The number of hydrogen-bond donors (Lipinski definition) is 2. The monoisotopic (exact) mass is 437 g/mol. The highest BCUT2D eigenvalue weighted by Crippen LogP contribution is 2.35. The van der Waals surface area contributed by atoms with Crippen molar-refractivity contribution in [2.24, 2.45) is 10.4 Å². The molecular formula is C15H28IN5O2. The molecule has 2 amide bonds. The van der Waals surface area contributed by atoms with Crippen molar-refractivity contribution in [1.29, 1.82) is 0 Å². The fraction of sp³-hybridized carbons (Fsp3) is 0.800. The van der Waals surface area contributed by atoms with E-state index in [1.54, 1.807) is 26.0 Å². The Morgan fingerprint density at radius 2 is 2.22 bits per heavy atom. The first-order valence-electron chi connectivity index (χ1n) is 7.88. The van der Waals surface area contributed by atoms with Gasteiger partial charge in [0.25, 0.3) is 0 Å². The van der Waals surface area contributed by atoms with Crippen molar-refractivity contribution in [2.45, 2.75) is 25.7 Å². The summed E-state index contributed by atoms with van der Waals surface area (Å²) in [7, 11) is 5.28. The van der Waals surface area contributed by atoms with Gasteiger partial charge in [-0.25, -0.2) is 0 Å². The van der Waals surface area contributed by atoms with Crippen LogP contribution in [0.3, 0.4) is 0 Å². The molecule has 1 atom stereocenters. The molecule has 2 saturated heterocycles. The number of rotatable bonds is 3. The third kappa shape index (κ3) is 5.22. The molecule has 0 radical (unpaired) electrons. The van der Waals surface area contributed by atoms with Gasteiger partial charge in [-0.2, -0.15) is 0 Å². The van der Waals surface area contributed by atoms with Gasteiger partial charge in [0.1, 0.15) is 0 Å². The third-order valence-electron chi connectivity index (χ3n) is 4.49. The molecule has 0 aliphatic carbocycles. The minimum absolute atomic E-state index is 0. The molecule has 132 valence electrons. The van der Waals surface area contributed by atoms with E-state index in [1.165, 1.54) is 0 Å². The van der Waals surface area contributed by atoms with Crippen LogP contribution in [0.15, 0.2) is 4.99 Å². The molecule has 1 spiro atoms. The summed E-state index contributed by atoms with van der Waals surface area (Å²) in [6.07, 6.45) is 3.20. The molecule has 7 nitrogen and oxygen atoms in total. The van der Waals surface area contributed by atoms with Crippen LogP contribution >= 0.6 is 24.0 Å². The van der Waals surface area contributed by atoms with E-state index in [0.29, 0.717) is 19.4 Å². The van der Waals surface area contributed by atoms with E-state index in [1.807, 2.05) is 0 Å². The van der Waals surface area contributed by atoms with E-state index in [9.17, 15) is 9.59 Å². The lowest BCUT2D eigenvalue weighted by Crippen LogP contribution is -2.51. The number of piperidine rings is 1. The molecule has 1 unspecified atom stereocenters. The summed E-state index contributed by atoms with van der Waals surface area (Å²) in [6, 6.07) is 0. The van der Waals surface area contributed by atoms with Crippen LogP contribution in [0.2, 0.25) is 0 Å². The lowest BCUT2D eigenvalue weighted by Gasteiger charge is -2.40. The fourth-order valence-electron chi connectivity index (χ4n) is 3.27. The maximum absolute atomic E-state index is 11.6. The molecule has 2 N–H and O–H groups in total. The highest BCUT2D eigenvalue weighted by atomic mass is 127. The van der Waals surface area contributed by atoms with Gasteiger partial charge in [-0.1, -0.05) is 0 Å². The number of halogens is 1. The molecule has 0 aromatic heterocycles. The lowest BCUT2D eigenvalue weighted by atomic mass is 9.79. The number of aliphatic imine (C=N–C) groups is 1. The quantitative estimate of drug-likeness (QED) is 0.378. The van der Waals surface area contributed by atoms with Crippen molar-refractivity contribution >= 4 is 41.8 Å². The van der Waals surface area contributed by atoms with Crippen LogP contribution in [0.4, 0.5) is 0 Å². The third-order valence-corrected chi connectivity index (χ3v) is 4.49. The van der Waals surface area contributed by atoms with Crippen molar-refractivity contribution < 1.29 is 9.59 Å². The molecule has 0 aromatic carbocycles. The predicted octanol–water partition coefficient (Wildman–Crippen LogP) is 0.260. The first-order valence-corrected chi connectivity index (χ1v) is 7.88. The Kier molecular flexibility index (Phi) is 7.56. The van der Waals surface area contributed by atoms with Gasteiger partial charge in [0.15, 0.2) is 5.96 Å². The summed E-state index contributed by atoms with van der Waals surface area (Å²) in [5.41, 5.74) is 0.0480. The van der Waals surface area contributed by atoms with E-state index in [4.69, 9.17) is 0 Å². The van der Waals surface area contributed by atoms with E-state index in [0.717, 1.165) is 38.4 Å². The van der Waals surface area contributed by atoms with Crippen LogP contribution in [0.5, 0.6) is 0 Å². The summed E-state index contributed by atoms with van der Waals surface area (Å²) in [5.74, 6) is 1.08. The van der Waals surface area contributed by atoms with Crippen molar-refractivity contribution in [3.8, 4) is 0 Å². The SMILES string of the molecule is CN=C(NCCC(=O)N(C)C)N1CCCC2(CNC(=O)C2)C1.I. The molecule has 2 aliphatic rings. The zero-order valence-electron chi connectivity index (χ0n) is 14.2. The number of amides is 2. The summed E-state index contributed by atoms with van der Waals surface area (Å²) in [6.45, 7) is 3.12. The van der Waals surface area contributed by atoms with Crippen LogP contribution in [0.25, 0.3) is 0 Å². The van der Waals surface area contributed by atoms with Gasteiger partial charge in [-0.05, 0) is 12.8 Å². The summed E-state index contributed by atoms with van der Waals surface area (Å²) < 4.78 is 0. The second-order valence-electron chi connectivity index (χ2n) is 6.49. The average molecular weight is 437 g/mol. The highest BCUT2D eigenvalue weighted by Gasteiger charge is 2.42. The van der Waals surface area contributed by atoms with Crippen LogP contribution in [0, 0.1) is 5.41 Å². The number of carbonyl (C=O) groups excluding carboxylic acids is 2. The largest absolute Gasteiger partial charge is 0.356 e. The first-order chi connectivity index (χ1) is 10.5. The highest BCUT2D eigenvalue weighted by molar-refractivity contribution is 14.0. The Labute approximate surface area is 155 Å². The molecule has 0 saturated carbocycles. The number of nitrogens with one attached hydrogen (secondary N) is 2. The molecule has 2 fully saturated rings. The minimum Gasteiger partial charge on any atom is -0.356 e. The second kappa shape index (κ2) is 8.70. The number of hydrogen-bond acceptors (Lipinski definition) is 3. The Hall–Kier alpha value is -1.06. The minimum atomic E-state index is 0. The normalized spacial score (nSPS) is 24.2. The predicted molar refractivity (Wildman–Crippen MR) is 101 cm³/mol. The molecule has 2 rings (SSSR count). The molecular weight excluding hydrogens is 409 g/mol. The summed E-state index contributed by atoms with van der Waals surface area (Å²) in [4.78, 5) is 31.3. The first kappa shape index (κ1) is 20.0. The van der Waals surface area contributed by atoms with Gasteiger partial charge in [-0.15, -0.1) is 24.0 Å². The van der Waals surface area contributed by atoms with E-state index < -0.39 is 0 Å². The van der Waals surface area contributed by atoms with Gasteiger partial charge in [0, 0.05) is 65.6 Å². The molecule has 2 aliphatic heterocycles. The van der Waals surface area contributed by atoms with Gasteiger partial charge in [0.05, 0.1) is 0 Å². The van der Waals surface area contributed by atoms with Crippen LogP contribution in [-0.4, -0.2) is 74.9 Å². The lowest BCUT2D eigenvalue weighted by molar-refractivity contribution is -0.128. The Morgan fingerprint density at radius 1 is 1.48 bits per heavy atom. The smallest absolute Gasteiger partial charge is 0.223 e. The average Bonchev–Trinajstić information content (AvgIpc) is 2.83. The van der Waals surface area contributed by atoms with Crippen LogP contribution in [0.1, 0.15) is 25.7 Å². The molecule has 2 heterocycles. The van der Waals surface area contributed by atoms with Crippen molar-refractivity contribution in [3.63, 3.8) is 0 Å². The van der Waals surface area contributed by atoms with Crippen LogP contribution < -0.4 is 10.6 Å². The number of nitrogens with zero attached hydrogens (tertiary/aromatic N) is 3. The maximum Gasteiger partial charge on any atom is 0.223 e. The number of guanidine groups is 1. The van der Waals surface area contributed by atoms with E-state index in [2.05, 4.69) is 20.5 Å². The molecule has 23 heavy (non-hydrogen) atoms. The zero-order valence-corrected chi connectivity index (χ0v) is 16.6. The molecule has 0 aromatic rings. The standard InChI is InChI=1S/C15H27N5O2.HI/c1-16-14(17-7-5-13(22)19(2)3)20-8-4-6-15(11-20)9-12(21)18-10-15;/h4-11H2,1-3H3,(H,16,17)(H,18,21);1H. The summed E-state index contributed by atoms with van der Waals surface area (Å²) >= 11 is 0. The van der Waals surface area contributed by atoms with Gasteiger partial charge >= 0.3 is 0 Å². The topological polar surface area (TPSA) is 77.0 Å². The summed E-state index contributed by atoms with van der Waals surface area (Å²) in [5, 5.41) is 6.22. The number of carbonyl (C=O) groups is 2. The van der Waals surface area contributed by atoms with Crippen LogP contribution in [-0.2, 0) is 9.59 Å². The maximum atomic E-state index is 11.6. The van der Waals surface area contributed by atoms with Gasteiger partial charge in [0.2, 0.25) is 11.8 Å². The zero-order chi connectivity index (χ0) is 16.2. The van der Waals surface area contributed by atoms with Gasteiger partial charge in [-0.3, -0.25) is 14.6 Å². The second-order valence-corrected chi connectivity index (χ2v) is 6.49.